The fraction of sp³-hybridized carbons (Fsp3) is 0.436. The lowest BCUT2D eigenvalue weighted by molar-refractivity contribution is -0.117. The number of aromatic nitrogens is 4. The van der Waals surface area contributed by atoms with Crippen LogP contribution in [0.15, 0.2) is 49.1 Å². The summed E-state index contributed by atoms with van der Waals surface area (Å²) in [6.07, 6.45) is 9.80. The highest BCUT2D eigenvalue weighted by atomic mass is 16.6. The van der Waals surface area contributed by atoms with Gasteiger partial charge in [0.15, 0.2) is 23.1 Å². The summed E-state index contributed by atoms with van der Waals surface area (Å²) in [5, 5.41) is 2.65. The lowest BCUT2D eigenvalue weighted by Gasteiger charge is -2.19. The van der Waals surface area contributed by atoms with Gasteiger partial charge in [-0.05, 0) is 81.5 Å². The molecule has 0 fully saturated rings. The SMILES string of the molecule is CC(=O)CCCCCC(=O)c1cc(CC(=O)c2cc(CC(=O)c3cc(CC(=O)c4cc(NC(=O)OC(C)(C)C)cn4C)cn3C)cn2C)cn1C. The molecule has 0 aromatic carbocycles. The number of aryl methyl sites for hydroxylation is 4. The van der Waals surface area contributed by atoms with Gasteiger partial charge in [0.2, 0.25) is 0 Å². The average Bonchev–Trinajstić information content (AvgIpc) is 3.76. The molecule has 51 heavy (non-hydrogen) atoms. The third kappa shape index (κ3) is 10.6. The molecule has 0 saturated heterocycles. The topological polar surface area (TPSA) is 143 Å². The first kappa shape index (κ1) is 38.5. The van der Waals surface area contributed by atoms with Crippen LogP contribution in [-0.2, 0) is 57.0 Å². The summed E-state index contributed by atoms with van der Waals surface area (Å²) in [5.41, 5.74) is 3.72. The van der Waals surface area contributed by atoms with E-state index in [1.807, 2.05) is 0 Å². The van der Waals surface area contributed by atoms with Gasteiger partial charge in [-0.1, -0.05) is 6.42 Å². The zero-order chi connectivity index (χ0) is 37.6. The van der Waals surface area contributed by atoms with Crippen LogP contribution >= 0.6 is 0 Å². The largest absolute Gasteiger partial charge is 0.444 e. The van der Waals surface area contributed by atoms with E-state index in [-0.39, 0.29) is 48.2 Å². The smallest absolute Gasteiger partial charge is 0.412 e. The number of ketones is 5. The molecule has 0 radical (unpaired) electrons. The molecule has 4 heterocycles. The zero-order valence-corrected chi connectivity index (χ0v) is 30.9. The van der Waals surface area contributed by atoms with Crippen molar-refractivity contribution in [2.24, 2.45) is 28.2 Å². The number of amides is 1. The first-order valence-electron chi connectivity index (χ1n) is 17.1. The van der Waals surface area contributed by atoms with E-state index in [4.69, 9.17) is 4.74 Å². The lowest BCUT2D eigenvalue weighted by Crippen LogP contribution is -2.27. The fourth-order valence-electron chi connectivity index (χ4n) is 6.14. The molecular weight excluding hydrogens is 650 g/mol. The van der Waals surface area contributed by atoms with Crippen LogP contribution < -0.4 is 5.32 Å². The van der Waals surface area contributed by atoms with Crippen molar-refractivity contribution in [3.05, 3.63) is 88.5 Å². The number of anilines is 1. The van der Waals surface area contributed by atoms with E-state index in [1.54, 1.807) is 123 Å². The van der Waals surface area contributed by atoms with Crippen molar-refractivity contribution in [2.45, 2.75) is 84.7 Å². The number of rotatable bonds is 17. The van der Waals surface area contributed by atoms with Crippen LogP contribution in [0.2, 0.25) is 0 Å². The van der Waals surface area contributed by atoms with Crippen LogP contribution in [0.5, 0.6) is 0 Å². The van der Waals surface area contributed by atoms with Crippen molar-refractivity contribution in [3.8, 4) is 0 Å². The summed E-state index contributed by atoms with van der Waals surface area (Å²) in [6, 6.07) is 6.78. The summed E-state index contributed by atoms with van der Waals surface area (Å²) < 4.78 is 12.1. The van der Waals surface area contributed by atoms with Crippen molar-refractivity contribution in [3.63, 3.8) is 0 Å². The second kappa shape index (κ2) is 16.2. The molecule has 1 amide bonds. The summed E-state index contributed by atoms with van der Waals surface area (Å²) in [4.78, 5) is 76.0. The second-order valence-corrected chi connectivity index (χ2v) is 14.4. The predicted octanol–water partition coefficient (Wildman–Crippen LogP) is 6.39. The number of unbranched alkanes of at least 4 members (excludes halogenated alkanes) is 2. The molecule has 1 N–H and O–H groups in total. The fourth-order valence-corrected chi connectivity index (χ4v) is 6.14. The van der Waals surface area contributed by atoms with Crippen molar-refractivity contribution in [1.29, 1.82) is 0 Å². The van der Waals surface area contributed by atoms with Gasteiger partial charge < -0.3 is 27.8 Å². The van der Waals surface area contributed by atoms with Gasteiger partial charge in [-0.25, -0.2) is 4.79 Å². The number of ether oxygens (including phenoxy) is 1. The Kier molecular flexibility index (Phi) is 12.2. The number of hydrogen-bond acceptors (Lipinski definition) is 7. The first-order chi connectivity index (χ1) is 23.9. The Bertz CT molecular complexity index is 1960. The van der Waals surface area contributed by atoms with Crippen LogP contribution in [-0.4, -0.2) is 58.9 Å². The summed E-state index contributed by atoms with van der Waals surface area (Å²) >= 11 is 0. The highest BCUT2D eigenvalue weighted by Crippen LogP contribution is 2.21. The maximum Gasteiger partial charge on any atom is 0.412 e. The van der Waals surface area contributed by atoms with Gasteiger partial charge in [0, 0.05) is 85.1 Å². The standard InChI is InChI=1S/C39H49N5O7/c1-25(45)12-10-9-11-13-34(46)30-14-26(21-41(30)5)17-35(47)31-15-27(22-42(31)6)18-36(48)32-16-28(23-43(32)7)19-37(49)33-20-29(24-44(33)8)40-38(50)51-39(2,3)4/h14-16,20-24H,9-13,17-19H2,1-8H3,(H,40,50). The van der Waals surface area contributed by atoms with Gasteiger partial charge >= 0.3 is 6.09 Å². The lowest BCUT2D eigenvalue weighted by atomic mass is 10.0. The molecule has 4 rings (SSSR count). The van der Waals surface area contributed by atoms with Gasteiger partial charge in [0.1, 0.15) is 11.4 Å². The maximum absolute atomic E-state index is 13.4. The molecule has 0 aliphatic heterocycles. The quantitative estimate of drug-likeness (QED) is 0.0995. The van der Waals surface area contributed by atoms with Crippen LogP contribution in [0, 0.1) is 0 Å². The van der Waals surface area contributed by atoms with E-state index < -0.39 is 11.7 Å². The molecule has 272 valence electrons. The Morgan fingerprint density at radius 1 is 0.569 bits per heavy atom. The molecule has 0 atom stereocenters. The van der Waals surface area contributed by atoms with Crippen molar-refractivity contribution >= 4 is 40.7 Å². The molecular formula is C39H49N5O7. The van der Waals surface area contributed by atoms with Gasteiger partial charge in [0.25, 0.3) is 0 Å². The van der Waals surface area contributed by atoms with Crippen LogP contribution in [0.4, 0.5) is 10.5 Å². The van der Waals surface area contributed by atoms with Crippen LogP contribution in [0.1, 0.15) is 118 Å². The number of carbonyl (C=O) groups is 6. The minimum Gasteiger partial charge on any atom is -0.444 e. The maximum atomic E-state index is 13.4. The third-order valence-corrected chi connectivity index (χ3v) is 8.50. The molecule has 4 aromatic heterocycles. The molecule has 4 aromatic rings. The van der Waals surface area contributed by atoms with Gasteiger partial charge in [0.05, 0.1) is 28.5 Å². The number of nitrogens with one attached hydrogen (secondary N) is 1. The van der Waals surface area contributed by atoms with Crippen LogP contribution in [0.25, 0.3) is 0 Å². The molecule has 0 spiro atoms. The van der Waals surface area contributed by atoms with Gasteiger partial charge in [-0.15, -0.1) is 0 Å². The van der Waals surface area contributed by atoms with E-state index in [0.29, 0.717) is 58.9 Å². The molecule has 0 bridgehead atoms. The summed E-state index contributed by atoms with van der Waals surface area (Å²) in [5.74, 6) is -0.302. The Balaban J connectivity index is 1.34. The van der Waals surface area contributed by atoms with Crippen LogP contribution in [0.3, 0.4) is 0 Å². The minimum absolute atomic E-state index is 0.00795. The Morgan fingerprint density at radius 3 is 1.39 bits per heavy atom. The van der Waals surface area contributed by atoms with E-state index in [1.165, 1.54) is 0 Å². The molecule has 0 unspecified atom stereocenters. The Hall–Kier alpha value is -5.26. The number of carbonyl (C=O) groups excluding carboxylic acids is 6. The Morgan fingerprint density at radius 2 is 0.961 bits per heavy atom. The first-order valence-corrected chi connectivity index (χ1v) is 17.1. The van der Waals surface area contributed by atoms with E-state index in [0.717, 1.165) is 18.4 Å². The van der Waals surface area contributed by atoms with E-state index >= 15 is 0 Å². The Labute approximate surface area is 298 Å². The van der Waals surface area contributed by atoms with E-state index in [9.17, 15) is 28.8 Å². The van der Waals surface area contributed by atoms with Crippen molar-refractivity contribution < 1.29 is 33.5 Å². The minimum atomic E-state index is -0.656. The molecule has 0 aliphatic carbocycles. The highest BCUT2D eigenvalue weighted by Gasteiger charge is 2.22. The number of hydrogen-bond donors (Lipinski definition) is 1. The molecule has 12 nitrogen and oxygen atoms in total. The third-order valence-electron chi connectivity index (χ3n) is 8.50. The second-order valence-electron chi connectivity index (χ2n) is 14.4. The summed E-state index contributed by atoms with van der Waals surface area (Å²) in [7, 11) is 7.02. The number of Topliss-reactive ketones (excluding diaryl/α,β-unsaturated/α-hetero) is 5. The normalized spacial score (nSPS) is 11.5. The monoisotopic (exact) mass is 699 g/mol. The van der Waals surface area contributed by atoms with Crippen molar-refractivity contribution in [2.75, 3.05) is 5.32 Å². The molecule has 0 saturated carbocycles. The number of nitrogens with zero attached hydrogens (tertiary/aromatic N) is 4. The predicted molar refractivity (Wildman–Crippen MR) is 194 cm³/mol. The van der Waals surface area contributed by atoms with E-state index in [2.05, 4.69) is 5.32 Å². The van der Waals surface area contributed by atoms with Gasteiger partial charge in [-0.3, -0.25) is 24.5 Å². The highest BCUT2D eigenvalue weighted by molar-refractivity contribution is 6.01. The van der Waals surface area contributed by atoms with Gasteiger partial charge in [-0.2, -0.15) is 0 Å². The average molecular weight is 700 g/mol. The molecule has 0 aliphatic rings. The summed E-state index contributed by atoms with van der Waals surface area (Å²) in [6.45, 7) is 6.87. The van der Waals surface area contributed by atoms with Crippen molar-refractivity contribution in [1.82, 2.24) is 18.3 Å². The zero-order valence-electron chi connectivity index (χ0n) is 30.9. The molecule has 12 heteroatoms.